The van der Waals surface area contributed by atoms with E-state index in [1.54, 1.807) is 6.08 Å². The molecule has 0 aromatic rings. The van der Waals surface area contributed by atoms with Gasteiger partial charge in [-0.2, -0.15) is 0 Å². The maximum absolute atomic E-state index is 12.4. The number of allylic oxidation sites excluding steroid dienone is 7. The second-order valence-electron chi connectivity index (χ2n) is 22.8. The Morgan fingerprint density at radius 3 is 1.05 bits per heavy atom. The van der Waals surface area contributed by atoms with Crippen LogP contribution in [0.1, 0.15) is 354 Å². The number of aliphatic hydroxyl groups excluding tert-OH is 2. The highest BCUT2D eigenvalue weighted by molar-refractivity contribution is 5.76. The van der Waals surface area contributed by atoms with E-state index in [2.05, 4.69) is 55.6 Å². The third-order valence-electron chi connectivity index (χ3n) is 15.3. The number of esters is 1. The van der Waals surface area contributed by atoms with Gasteiger partial charge < -0.3 is 20.3 Å². The van der Waals surface area contributed by atoms with Gasteiger partial charge in [-0.25, -0.2) is 0 Å². The minimum absolute atomic E-state index is 0.00884. The summed E-state index contributed by atoms with van der Waals surface area (Å²) in [5.41, 5.74) is 0. The van der Waals surface area contributed by atoms with E-state index in [4.69, 9.17) is 4.74 Å². The molecule has 0 aliphatic heterocycles. The summed E-state index contributed by atoms with van der Waals surface area (Å²) in [5.74, 6) is -0.0583. The fraction of sp³-hybridized carbons (Fsp3) is 0.855. The smallest absolute Gasteiger partial charge is 0.305 e. The van der Waals surface area contributed by atoms with Crippen LogP contribution in [0.2, 0.25) is 0 Å². The number of hydrogen-bond acceptors (Lipinski definition) is 5. The van der Waals surface area contributed by atoms with E-state index in [1.807, 2.05) is 6.08 Å². The van der Waals surface area contributed by atoms with Gasteiger partial charge in [-0.15, -0.1) is 0 Å². The van der Waals surface area contributed by atoms with Crippen LogP contribution in [-0.2, 0) is 14.3 Å². The summed E-state index contributed by atoms with van der Waals surface area (Å²) in [6.45, 7) is 4.88. The summed E-state index contributed by atoms with van der Waals surface area (Å²) >= 11 is 0. The van der Waals surface area contributed by atoms with E-state index in [1.165, 1.54) is 276 Å². The number of nitrogens with one attached hydrogen (secondary N) is 1. The molecule has 0 rings (SSSR count). The first-order valence-corrected chi connectivity index (χ1v) is 33.4. The minimum Gasteiger partial charge on any atom is -0.466 e. The SMILES string of the molecule is CCCCC/C=C\C/C=C\CCCCCCCCCC(=O)OCCCCCCCCCCCCCC/C=C\CCCCCCCCCCCCCCCCC(=O)NC(CO)C(O)/C=C/CCCCCCCCCCC. The number of unbranched alkanes of at least 4 members (excludes halogenated alkanes) is 45. The first kappa shape index (κ1) is 72.8. The molecule has 0 bridgehead atoms. The number of aliphatic hydroxyl groups is 2. The average Bonchev–Trinajstić information content (AvgIpc) is 3.41. The van der Waals surface area contributed by atoms with E-state index in [9.17, 15) is 19.8 Å². The molecule has 6 heteroatoms. The molecule has 0 heterocycles. The van der Waals surface area contributed by atoms with Crippen LogP contribution >= 0.6 is 0 Å². The highest BCUT2D eigenvalue weighted by atomic mass is 16.5. The Labute approximate surface area is 467 Å². The highest BCUT2D eigenvalue weighted by Crippen LogP contribution is 2.17. The lowest BCUT2D eigenvalue weighted by Gasteiger charge is -2.20. The van der Waals surface area contributed by atoms with Gasteiger partial charge in [0.15, 0.2) is 0 Å². The monoisotopic (exact) mass is 1050 g/mol. The predicted molar refractivity (Wildman–Crippen MR) is 329 cm³/mol. The van der Waals surface area contributed by atoms with Gasteiger partial charge in [0.2, 0.25) is 5.91 Å². The van der Waals surface area contributed by atoms with E-state index < -0.39 is 12.1 Å². The van der Waals surface area contributed by atoms with Gasteiger partial charge in [0.25, 0.3) is 0 Å². The molecule has 3 N–H and O–H groups in total. The van der Waals surface area contributed by atoms with Crippen molar-refractivity contribution in [1.29, 1.82) is 0 Å². The summed E-state index contributed by atoms with van der Waals surface area (Å²) in [7, 11) is 0. The van der Waals surface area contributed by atoms with E-state index in [0.717, 1.165) is 51.4 Å². The fourth-order valence-electron chi connectivity index (χ4n) is 10.2. The topological polar surface area (TPSA) is 95.9 Å². The van der Waals surface area contributed by atoms with Gasteiger partial charge in [0.05, 0.1) is 25.4 Å². The van der Waals surface area contributed by atoms with Crippen molar-refractivity contribution in [2.45, 2.75) is 366 Å². The quantitative estimate of drug-likeness (QED) is 0.0320. The lowest BCUT2D eigenvalue weighted by atomic mass is 10.0. The summed E-state index contributed by atoms with van der Waals surface area (Å²) in [5, 5.41) is 23.0. The second kappa shape index (κ2) is 64.3. The molecule has 0 saturated heterocycles. The van der Waals surface area contributed by atoms with Gasteiger partial charge in [0, 0.05) is 12.8 Å². The Hall–Kier alpha value is -2.18. The van der Waals surface area contributed by atoms with Gasteiger partial charge in [-0.05, 0) is 89.9 Å². The van der Waals surface area contributed by atoms with Crippen molar-refractivity contribution >= 4 is 11.9 Å². The molecule has 440 valence electrons. The van der Waals surface area contributed by atoms with Crippen LogP contribution in [0.5, 0.6) is 0 Å². The Bertz CT molecular complexity index is 1260. The minimum atomic E-state index is -0.842. The van der Waals surface area contributed by atoms with Crippen molar-refractivity contribution in [1.82, 2.24) is 5.32 Å². The lowest BCUT2D eigenvalue weighted by molar-refractivity contribution is -0.143. The van der Waals surface area contributed by atoms with Crippen LogP contribution < -0.4 is 5.32 Å². The van der Waals surface area contributed by atoms with E-state index in [-0.39, 0.29) is 18.5 Å². The zero-order chi connectivity index (χ0) is 54.3. The third-order valence-corrected chi connectivity index (χ3v) is 15.3. The Balaban J connectivity index is 3.36. The van der Waals surface area contributed by atoms with Gasteiger partial charge >= 0.3 is 5.97 Å². The largest absolute Gasteiger partial charge is 0.466 e. The van der Waals surface area contributed by atoms with Crippen LogP contribution in [0.4, 0.5) is 0 Å². The van der Waals surface area contributed by atoms with Crippen molar-refractivity contribution in [2.75, 3.05) is 13.2 Å². The van der Waals surface area contributed by atoms with Crippen LogP contribution in [0.3, 0.4) is 0 Å². The molecule has 2 atom stereocenters. The van der Waals surface area contributed by atoms with Crippen LogP contribution in [-0.4, -0.2) is 47.4 Å². The number of carbonyl (C=O) groups excluding carboxylic acids is 2. The Morgan fingerprint density at radius 2 is 0.667 bits per heavy atom. The summed E-state index contributed by atoms with van der Waals surface area (Å²) < 4.78 is 5.49. The van der Waals surface area contributed by atoms with Crippen LogP contribution in [0.15, 0.2) is 48.6 Å². The van der Waals surface area contributed by atoms with Gasteiger partial charge in [0.1, 0.15) is 0 Å². The normalized spacial score (nSPS) is 12.9. The number of carbonyl (C=O) groups is 2. The van der Waals surface area contributed by atoms with E-state index in [0.29, 0.717) is 19.4 Å². The molecule has 1 amide bonds. The number of hydrogen-bond donors (Lipinski definition) is 3. The molecule has 0 aromatic heterocycles. The molecule has 0 aliphatic rings. The van der Waals surface area contributed by atoms with Crippen molar-refractivity contribution in [3.63, 3.8) is 0 Å². The molecule has 75 heavy (non-hydrogen) atoms. The predicted octanol–water partition coefficient (Wildman–Crippen LogP) is 21.3. The highest BCUT2D eigenvalue weighted by Gasteiger charge is 2.18. The molecule has 0 saturated carbocycles. The molecular weight excluding hydrogens is 923 g/mol. The zero-order valence-electron chi connectivity index (χ0n) is 50.3. The summed E-state index contributed by atoms with van der Waals surface area (Å²) in [6.07, 6.45) is 83.3. The fourth-order valence-corrected chi connectivity index (χ4v) is 10.2. The second-order valence-corrected chi connectivity index (χ2v) is 22.8. The molecule has 0 aliphatic carbocycles. The first-order valence-electron chi connectivity index (χ1n) is 33.4. The number of rotatable bonds is 62. The average molecular weight is 1050 g/mol. The Kier molecular flexibility index (Phi) is 62.5. The lowest BCUT2D eigenvalue weighted by Crippen LogP contribution is -2.45. The Morgan fingerprint density at radius 1 is 0.373 bits per heavy atom. The summed E-state index contributed by atoms with van der Waals surface area (Å²) in [4.78, 5) is 24.5. The number of amides is 1. The zero-order valence-corrected chi connectivity index (χ0v) is 50.3. The molecule has 0 radical (unpaired) electrons. The van der Waals surface area contributed by atoms with Crippen molar-refractivity contribution in [3.05, 3.63) is 48.6 Å². The van der Waals surface area contributed by atoms with E-state index >= 15 is 0 Å². The molecule has 0 spiro atoms. The van der Waals surface area contributed by atoms with Crippen LogP contribution in [0.25, 0.3) is 0 Å². The maximum Gasteiger partial charge on any atom is 0.305 e. The molecule has 6 nitrogen and oxygen atoms in total. The third kappa shape index (κ3) is 60.9. The van der Waals surface area contributed by atoms with Gasteiger partial charge in [-0.1, -0.05) is 300 Å². The van der Waals surface area contributed by atoms with Crippen molar-refractivity contribution in [3.8, 4) is 0 Å². The van der Waals surface area contributed by atoms with Gasteiger partial charge in [-0.3, -0.25) is 9.59 Å². The standard InChI is InChI=1S/C69H129NO5/c1-3-5-7-9-11-13-15-16-17-32-36-39-43-47-51-55-59-63-69(74)75-64-60-56-52-48-44-40-37-34-31-29-27-25-23-21-19-18-20-22-24-26-28-30-33-35-38-42-46-50-54-58-62-68(73)70-66(65-71)67(72)61-57-53-49-45-41-14-12-10-8-6-4-2/h11,13,16-17,19,21,57,61,66-67,71-72H,3-10,12,14-15,18,20,22-56,58-60,62-65H2,1-2H3,(H,70,73)/b13-11-,17-16-,21-19-,61-57+. The maximum atomic E-state index is 12.4. The first-order chi connectivity index (χ1) is 37.0. The molecule has 0 fully saturated rings. The van der Waals surface area contributed by atoms with Crippen molar-refractivity contribution < 1.29 is 24.5 Å². The summed E-state index contributed by atoms with van der Waals surface area (Å²) in [6, 6.07) is -0.626. The molecule has 2 unspecified atom stereocenters. The van der Waals surface area contributed by atoms with Crippen LogP contribution in [0, 0.1) is 0 Å². The molecular formula is C69H129NO5. The number of ether oxygens (including phenoxy) is 1. The molecule has 0 aromatic carbocycles. The van der Waals surface area contributed by atoms with Crippen molar-refractivity contribution in [2.24, 2.45) is 0 Å².